The Bertz CT molecular complexity index is 998. The Labute approximate surface area is 172 Å². The molecule has 0 amide bonds. The fraction of sp³-hybridized carbons (Fsp3) is 0.318. The molecule has 0 saturated carbocycles. The molecular weight excluding hydrogens is 399 g/mol. The summed E-state index contributed by atoms with van der Waals surface area (Å²) in [7, 11) is 0. The Morgan fingerprint density at radius 1 is 1.00 bits per heavy atom. The molecule has 4 rings (SSSR count). The van der Waals surface area contributed by atoms with Gasteiger partial charge in [0.05, 0.1) is 27.8 Å². The van der Waals surface area contributed by atoms with Crippen molar-refractivity contribution in [1.29, 1.82) is 0 Å². The van der Waals surface area contributed by atoms with E-state index in [-0.39, 0.29) is 11.1 Å². The second-order valence-corrected chi connectivity index (χ2v) is 7.62. The van der Waals surface area contributed by atoms with Gasteiger partial charge in [-0.2, -0.15) is 13.2 Å². The van der Waals surface area contributed by atoms with Gasteiger partial charge in [-0.05, 0) is 42.8 Å². The molecule has 1 saturated heterocycles. The number of nitrogens with zero attached hydrogens (tertiary/aromatic N) is 2. The van der Waals surface area contributed by atoms with E-state index in [2.05, 4.69) is 10.2 Å². The van der Waals surface area contributed by atoms with Crippen molar-refractivity contribution in [2.24, 2.45) is 0 Å². The third kappa shape index (κ3) is 4.39. The Morgan fingerprint density at radius 3 is 2.66 bits per heavy atom. The maximum absolute atomic E-state index is 13.5. The van der Waals surface area contributed by atoms with Crippen LogP contribution in [0.1, 0.15) is 29.3 Å². The molecule has 29 heavy (non-hydrogen) atoms. The van der Waals surface area contributed by atoms with Crippen LogP contribution in [0.3, 0.4) is 0 Å². The molecule has 3 aromatic rings. The van der Waals surface area contributed by atoms with Gasteiger partial charge in [-0.15, -0.1) is 0 Å². The van der Waals surface area contributed by atoms with Gasteiger partial charge in [0.1, 0.15) is 0 Å². The number of rotatable bonds is 3. The molecule has 7 heteroatoms. The van der Waals surface area contributed by atoms with Crippen LogP contribution in [-0.4, -0.2) is 36.1 Å². The van der Waals surface area contributed by atoms with Crippen molar-refractivity contribution in [3.8, 4) is 0 Å². The highest BCUT2D eigenvalue weighted by molar-refractivity contribution is 6.31. The van der Waals surface area contributed by atoms with Gasteiger partial charge in [-0.1, -0.05) is 41.9 Å². The number of nitrogens with one attached hydrogen (secondary N) is 1. The topological polar surface area (TPSA) is 28.2 Å². The normalized spacial score (nSPS) is 17.2. The Kier molecular flexibility index (Phi) is 5.76. The molecule has 1 unspecified atom stereocenters. The lowest BCUT2D eigenvalue weighted by Crippen LogP contribution is -2.33. The van der Waals surface area contributed by atoms with Crippen LogP contribution >= 0.6 is 11.6 Å². The summed E-state index contributed by atoms with van der Waals surface area (Å²) in [5.74, 6) is 0. The van der Waals surface area contributed by atoms with Crippen molar-refractivity contribution in [1.82, 2.24) is 15.2 Å². The fourth-order valence-corrected chi connectivity index (χ4v) is 4.08. The number of alkyl halides is 3. The van der Waals surface area contributed by atoms with E-state index in [1.807, 2.05) is 36.4 Å². The van der Waals surface area contributed by atoms with Crippen LogP contribution in [0.2, 0.25) is 5.02 Å². The molecule has 2 heterocycles. The van der Waals surface area contributed by atoms with Gasteiger partial charge in [0, 0.05) is 25.0 Å². The summed E-state index contributed by atoms with van der Waals surface area (Å²) in [4.78, 5) is 6.99. The van der Waals surface area contributed by atoms with E-state index in [1.54, 1.807) is 6.07 Å². The molecule has 0 bridgehead atoms. The predicted molar refractivity (Wildman–Crippen MR) is 109 cm³/mol. The highest BCUT2D eigenvalue weighted by Gasteiger charge is 2.35. The molecule has 1 N–H and O–H groups in total. The molecule has 2 aromatic carbocycles. The van der Waals surface area contributed by atoms with Crippen LogP contribution in [0.15, 0.2) is 54.6 Å². The Morgan fingerprint density at radius 2 is 1.83 bits per heavy atom. The van der Waals surface area contributed by atoms with E-state index < -0.39 is 11.7 Å². The minimum absolute atomic E-state index is 0.288. The molecule has 1 aliphatic rings. The zero-order chi connectivity index (χ0) is 20.4. The standard InChI is InChI=1S/C22H21ClF3N3/c23-18-8-6-16(14-17(18)22(24,25)26)21(29-12-3-10-27-11-13-29)20-9-7-15-4-1-2-5-19(15)28-20/h1-2,4-9,14,21,27H,3,10-13H2. The van der Waals surface area contributed by atoms with Gasteiger partial charge in [-0.3, -0.25) is 9.88 Å². The highest BCUT2D eigenvalue weighted by atomic mass is 35.5. The first-order valence-corrected chi connectivity index (χ1v) is 9.98. The molecule has 0 spiro atoms. The molecule has 152 valence electrons. The molecule has 3 nitrogen and oxygen atoms in total. The van der Waals surface area contributed by atoms with E-state index in [4.69, 9.17) is 16.6 Å². The van der Waals surface area contributed by atoms with E-state index >= 15 is 0 Å². The fourth-order valence-electron chi connectivity index (χ4n) is 3.86. The average Bonchev–Trinajstić information content (AvgIpc) is 2.98. The molecule has 1 aromatic heterocycles. The highest BCUT2D eigenvalue weighted by Crippen LogP contribution is 2.38. The quantitative estimate of drug-likeness (QED) is 0.625. The summed E-state index contributed by atoms with van der Waals surface area (Å²) in [5.41, 5.74) is 1.30. The van der Waals surface area contributed by atoms with Gasteiger partial charge < -0.3 is 5.32 Å². The lowest BCUT2D eigenvalue weighted by atomic mass is 9.98. The van der Waals surface area contributed by atoms with E-state index in [0.717, 1.165) is 49.2 Å². The first kappa shape index (κ1) is 20.1. The first-order valence-electron chi connectivity index (χ1n) is 9.60. The van der Waals surface area contributed by atoms with E-state index in [1.165, 1.54) is 12.1 Å². The molecule has 0 aliphatic carbocycles. The van der Waals surface area contributed by atoms with Crippen molar-refractivity contribution in [3.05, 3.63) is 76.4 Å². The van der Waals surface area contributed by atoms with E-state index in [9.17, 15) is 13.2 Å². The van der Waals surface area contributed by atoms with Crippen LogP contribution in [0.5, 0.6) is 0 Å². The SMILES string of the molecule is FC(F)(F)c1cc(C(c2ccc3ccccc3n2)N2CCCNCC2)ccc1Cl. The van der Waals surface area contributed by atoms with Gasteiger partial charge in [0.2, 0.25) is 0 Å². The largest absolute Gasteiger partial charge is 0.417 e. The maximum Gasteiger partial charge on any atom is 0.417 e. The number of aromatic nitrogens is 1. The van der Waals surface area contributed by atoms with Crippen molar-refractivity contribution >= 4 is 22.5 Å². The number of halogens is 4. The van der Waals surface area contributed by atoms with Crippen molar-refractivity contribution in [2.75, 3.05) is 26.2 Å². The van der Waals surface area contributed by atoms with Gasteiger partial charge in [0.15, 0.2) is 0 Å². The second kappa shape index (κ2) is 8.30. The van der Waals surface area contributed by atoms with Crippen LogP contribution in [0, 0.1) is 0 Å². The number of hydrogen-bond donors (Lipinski definition) is 1. The van der Waals surface area contributed by atoms with Gasteiger partial charge >= 0.3 is 6.18 Å². The number of fused-ring (bicyclic) bond motifs is 1. The Hall–Kier alpha value is -2.15. The number of hydrogen-bond acceptors (Lipinski definition) is 3. The molecule has 1 aliphatic heterocycles. The van der Waals surface area contributed by atoms with Crippen molar-refractivity contribution in [3.63, 3.8) is 0 Å². The van der Waals surface area contributed by atoms with Crippen LogP contribution in [0.25, 0.3) is 10.9 Å². The third-order valence-corrected chi connectivity index (χ3v) is 5.58. The number of para-hydroxylation sites is 1. The van der Waals surface area contributed by atoms with Gasteiger partial charge in [-0.25, -0.2) is 0 Å². The third-order valence-electron chi connectivity index (χ3n) is 5.25. The smallest absolute Gasteiger partial charge is 0.315 e. The molecule has 1 atom stereocenters. The summed E-state index contributed by atoms with van der Waals surface area (Å²) in [5, 5.41) is 4.06. The minimum atomic E-state index is -4.51. The van der Waals surface area contributed by atoms with Gasteiger partial charge in [0.25, 0.3) is 0 Å². The lowest BCUT2D eigenvalue weighted by molar-refractivity contribution is -0.137. The summed E-state index contributed by atoms with van der Waals surface area (Å²) >= 11 is 5.86. The summed E-state index contributed by atoms with van der Waals surface area (Å²) in [6.07, 6.45) is -3.58. The zero-order valence-corrected chi connectivity index (χ0v) is 16.5. The monoisotopic (exact) mass is 419 g/mol. The summed E-state index contributed by atoms with van der Waals surface area (Å²) in [6, 6.07) is 15.4. The summed E-state index contributed by atoms with van der Waals surface area (Å²) < 4.78 is 40.5. The maximum atomic E-state index is 13.5. The van der Waals surface area contributed by atoms with Crippen LogP contribution in [-0.2, 0) is 6.18 Å². The lowest BCUT2D eigenvalue weighted by Gasteiger charge is -2.31. The second-order valence-electron chi connectivity index (χ2n) is 7.21. The van der Waals surface area contributed by atoms with E-state index in [0.29, 0.717) is 5.56 Å². The summed E-state index contributed by atoms with van der Waals surface area (Å²) in [6.45, 7) is 3.17. The van der Waals surface area contributed by atoms with Crippen molar-refractivity contribution in [2.45, 2.75) is 18.6 Å². The zero-order valence-electron chi connectivity index (χ0n) is 15.7. The minimum Gasteiger partial charge on any atom is -0.315 e. The first-order chi connectivity index (χ1) is 13.9. The molecule has 1 fully saturated rings. The Balaban J connectivity index is 1.84. The number of pyridine rings is 1. The van der Waals surface area contributed by atoms with Crippen molar-refractivity contribution < 1.29 is 13.2 Å². The predicted octanol–water partition coefficient (Wildman–Crippen LogP) is 5.29. The number of benzene rings is 2. The molecule has 0 radical (unpaired) electrons. The van der Waals surface area contributed by atoms with Crippen LogP contribution in [0.4, 0.5) is 13.2 Å². The molecular formula is C22H21ClF3N3. The average molecular weight is 420 g/mol. The van der Waals surface area contributed by atoms with Crippen LogP contribution < -0.4 is 5.32 Å².